The summed E-state index contributed by atoms with van der Waals surface area (Å²) in [6.45, 7) is 0.848. The molecule has 0 fully saturated rings. The number of anilines is 1. The van der Waals surface area contributed by atoms with Gasteiger partial charge >= 0.3 is 0 Å². The second-order valence-electron chi connectivity index (χ2n) is 11.5. The Kier molecular flexibility index (Phi) is 5.57. The fraction of sp³-hybridized carbons (Fsp3) is 0.0244. The first-order valence-corrected chi connectivity index (χ1v) is 15.1. The van der Waals surface area contributed by atoms with Crippen LogP contribution in [-0.4, -0.2) is 16.5 Å². The topological polar surface area (TPSA) is 37.8 Å². The van der Waals surface area contributed by atoms with Crippen molar-refractivity contribution in [2.45, 2.75) is 0 Å². The van der Waals surface area contributed by atoms with E-state index in [-0.39, 0.29) is 0 Å². The van der Waals surface area contributed by atoms with Crippen molar-refractivity contribution in [1.29, 1.82) is 0 Å². The van der Waals surface area contributed by atoms with E-state index in [1.54, 1.807) is 0 Å². The number of pyridine rings is 2. The largest absolute Gasteiger partial charge is 0.381 e. The number of hydrogen-bond acceptors (Lipinski definition) is 3. The molecular weight excluding hydrogens is 534 g/mol. The minimum atomic E-state index is 0.848. The highest BCUT2D eigenvalue weighted by molar-refractivity contribution is 6.07. The van der Waals surface area contributed by atoms with Crippen molar-refractivity contribution in [3.63, 3.8) is 0 Å². The van der Waals surface area contributed by atoms with Crippen LogP contribution in [0.2, 0.25) is 0 Å². The Labute approximate surface area is 255 Å². The summed E-state index contributed by atoms with van der Waals surface area (Å²) in [6.07, 6.45) is 4.38. The maximum absolute atomic E-state index is 5.20. The van der Waals surface area contributed by atoms with Gasteiger partial charge in [-0.25, -0.2) is 9.97 Å². The Hall–Kier alpha value is -5.80. The van der Waals surface area contributed by atoms with Gasteiger partial charge in [-0.1, -0.05) is 115 Å². The van der Waals surface area contributed by atoms with Crippen LogP contribution in [0.5, 0.6) is 0 Å². The molecule has 3 heterocycles. The van der Waals surface area contributed by atoms with E-state index in [4.69, 9.17) is 9.97 Å². The van der Waals surface area contributed by atoms with Crippen molar-refractivity contribution >= 4 is 55.1 Å². The zero-order chi connectivity index (χ0) is 29.0. The lowest BCUT2D eigenvalue weighted by atomic mass is 9.94. The van der Waals surface area contributed by atoms with Gasteiger partial charge in [-0.2, -0.15) is 0 Å². The zero-order valence-corrected chi connectivity index (χ0v) is 24.0. The van der Waals surface area contributed by atoms with Crippen LogP contribution in [0.15, 0.2) is 140 Å². The van der Waals surface area contributed by atoms with Crippen LogP contribution in [-0.2, 0) is 0 Å². The molecule has 8 aromatic rings. The molecule has 0 radical (unpaired) electrons. The molecule has 1 aliphatic heterocycles. The summed E-state index contributed by atoms with van der Waals surface area (Å²) >= 11 is 0. The molecule has 0 unspecified atom stereocenters. The number of nitrogens with one attached hydrogen (secondary N) is 1. The molecule has 0 bridgehead atoms. The molecule has 9 rings (SSSR count). The molecule has 1 N–H and O–H groups in total. The van der Waals surface area contributed by atoms with Crippen LogP contribution in [0.1, 0.15) is 5.56 Å². The second kappa shape index (κ2) is 9.89. The predicted octanol–water partition coefficient (Wildman–Crippen LogP) is 10.5. The van der Waals surface area contributed by atoms with Gasteiger partial charge in [0.05, 0.1) is 22.4 Å². The normalized spacial score (nSPS) is 12.5. The van der Waals surface area contributed by atoms with Gasteiger partial charge in [0.2, 0.25) is 0 Å². The number of benzene rings is 6. The molecular formula is C41H27N3. The van der Waals surface area contributed by atoms with Crippen molar-refractivity contribution in [2.24, 2.45) is 0 Å². The average Bonchev–Trinajstić information content (AvgIpc) is 3.10. The van der Waals surface area contributed by atoms with Crippen LogP contribution >= 0.6 is 0 Å². The van der Waals surface area contributed by atoms with Crippen molar-refractivity contribution < 1.29 is 0 Å². The van der Waals surface area contributed by atoms with Gasteiger partial charge in [0.15, 0.2) is 0 Å². The van der Waals surface area contributed by atoms with Crippen molar-refractivity contribution in [2.75, 3.05) is 11.9 Å². The van der Waals surface area contributed by atoms with Crippen molar-refractivity contribution in [1.82, 2.24) is 9.97 Å². The number of fused-ring (bicyclic) bond motifs is 6. The van der Waals surface area contributed by atoms with Gasteiger partial charge in [-0.05, 0) is 63.2 Å². The van der Waals surface area contributed by atoms with E-state index in [9.17, 15) is 0 Å². The highest BCUT2D eigenvalue weighted by atomic mass is 14.9. The summed E-state index contributed by atoms with van der Waals surface area (Å²) in [5, 5.41) is 10.7. The summed E-state index contributed by atoms with van der Waals surface area (Å²) in [6, 6.07) is 47.5. The highest BCUT2D eigenvalue weighted by Gasteiger charge is 2.15. The van der Waals surface area contributed by atoms with E-state index in [0.29, 0.717) is 0 Å². The lowest BCUT2D eigenvalue weighted by Crippen LogP contribution is -2.05. The molecule has 3 heteroatoms. The van der Waals surface area contributed by atoms with Crippen LogP contribution in [0.3, 0.4) is 0 Å². The minimum Gasteiger partial charge on any atom is -0.381 e. The number of aromatic nitrogens is 2. The van der Waals surface area contributed by atoms with Crippen LogP contribution in [0.25, 0.3) is 83.1 Å². The van der Waals surface area contributed by atoms with Gasteiger partial charge in [-0.15, -0.1) is 0 Å². The molecule has 44 heavy (non-hydrogen) atoms. The molecule has 0 amide bonds. The molecule has 2 aromatic heterocycles. The molecule has 1 aliphatic rings. The Morgan fingerprint density at radius 3 is 2.00 bits per heavy atom. The quantitative estimate of drug-likeness (QED) is 0.233. The average molecular weight is 562 g/mol. The summed E-state index contributed by atoms with van der Waals surface area (Å²) in [5.41, 5.74) is 10.8. The molecule has 0 spiro atoms. The van der Waals surface area contributed by atoms with Crippen LogP contribution < -0.4 is 5.32 Å². The monoisotopic (exact) mass is 561 g/mol. The van der Waals surface area contributed by atoms with Gasteiger partial charge in [0, 0.05) is 39.5 Å². The van der Waals surface area contributed by atoms with Crippen LogP contribution in [0.4, 0.5) is 5.69 Å². The number of nitrogens with zero attached hydrogens (tertiary/aromatic N) is 2. The van der Waals surface area contributed by atoms with E-state index in [1.807, 2.05) is 0 Å². The molecule has 0 aliphatic carbocycles. The first kappa shape index (κ1) is 24.8. The van der Waals surface area contributed by atoms with E-state index in [1.165, 1.54) is 43.9 Å². The fourth-order valence-corrected chi connectivity index (χ4v) is 6.63. The van der Waals surface area contributed by atoms with E-state index < -0.39 is 0 Å². The summed E-state index contributed by atoms with van der Waals surface area (Å²) in [4.78, 5) is 10.3. The van der Waals surface area contributed by atoms with Crippen molar-refractivity contribution in [3.05, 3.63) is 145 Å². The Balaban J connectivity index is 1.15. The molecule has 206 valence electrons. The Morgan fingerprint density at radius 1 is 0.477 bits per heavy atom. The Morgan fingerprint density at radius 2 is 1.14 bits per heavy atom. The van der Waals surface area contributed by atoms with E-state index in [0.717, 1.165) is 50.9 Å². The number of hydrogen-bond donors (Lipinski definition) is 1. The first-order chi connectivity index (χ1) is 21.8. The second-order valence-corrected chi connectivity index (χ2v) is 11.5. The van der Waals surface area contributed by atoms with E-state index >= 15 is 0 Å². The summed E-state index contributed by atoms with van der Waals surface area (Å²) < 4.78 is 0. The van der Waals surface area contributed by atoms with E-state index in [2.05, 4.69) is 151 Å². The third kappa shape index (κ3) is 4.05. The maximum Gasteiger partial charge on any atom is 0.0716 e. The predicted molar refractivity (Wildman–Crippen MR) is 186 cm³/mol. The molecule has 0 saturated heterocycles. The first-order valence-electron chi connectivity index (χ1n) is 15.1. The zero-order valence-electron chi connectivity index (χ0n) is 24.0. The van der Waals surface area contributed by atoms with Crippen LogP contribution in [0, 0.1) is 0 Å². The van der Waals surface area contributed by atoms with Gasteiger partial charge < -0.3 is 5.32 Å². The van der Waals surface area contributed by atoms with Gasteiger partial charge in [0.25, 0.3) is 0 Å². The summed E-state index contributed by atoms with van der Waals surface area (Å²) in [5.74, 6) is 0. The Bertz CT molecular complexity index is 2450. The van der Waals surface area contributed by atoms with Gasteiger partial charge in [-0.3, -0.25) is 0 Å². The third-order valence-electron chi connectivity index (χ3n) is 8.83. The molecule has 6 aromatic carbocycles. The fourth-order valence-electron chi connectivity index (χ4n) is 6.63. The minimum absolute atomic E-state index is 0.848. The highest BCUT2D eigenvalue weighted by Crippen LogP contribution is 2.38. The lowest BCUT2D eigenvalue weighted by molar-refractivity contribution is 1.32. The number of rotatable bonds is 3. The third-order valence-corrected chi connectivity index (χ3v) is 8.83. The molecule has 0 saturated carbocycles. The van der Waals surface area contributed by atoms with Crippen molar-refractivity contribution in [3.8, 4) is 33.6 Å². The smallest absolute Gasteiger partial charge is 0.0716 e. The summed E-state index contributed by atoms with van der Waals surface area (Å²) in [7, 11) is 0. The van der Waals surface area contributed by atoms with Gasteiger partial charge in [0.1, 0.15) is 0 Å². The molecule has 0 atom stereocenters. The maximum atomic E-state index is 5.20. The standard InChI is InChI=1S/C41H27N3/c1-2-10-32-26(7-1)8-5-13-33(32)29-16-14-27-18-20-37(43-39(27)24-29)30-17-15-28-19-21-38(44-40(28)25-30)36-23-31-9-6-22-42-41(31)35-12-4-3-11-34(35)36/h1-21,23-25,42H,22H2. The molecule has 3 nitrogen and oxygen atoms in total. The SMILES string of the molecule is C1=Cc2cc(-c3ccc4ccc(-c5ccc6ccc(-c7cccc8ccccc78)cc6n5)cc4n3)c3ccccc3c2NC1. The lowest BCUT2D eigenvalue weighted by Gasteiger charge is -2.18.